The molecule has 0 saturated carbocycles. The zero-order valence-electron chi connectivity index (χ0n) is 17.2. The molecule has 0 aliphatic carbocycles. The minimum Gasteiger partial charge on any atom is -0.376 e. The van der Waals surface area contributed by atoms with Crippen LogP contribution in [0.25, 0.3) is 0 Å². The second-order valence-electron chi connectivity index (χ2n) is 7.98. The van der Waals surface area contributed by atoms with Gasteiger partial charge in [-0.15, -0.1) is 0 Å². The van der Waals surface area contributed by atoms with Gasteiger partial charge in [-0.2, -0.15) is 0 Å². The highest BCUT2D eigenvalue weighted by Crippen LogP contribution is 2.28. The average molecular weight is 408 g/mol. The molecule has 2 aliphatic heterocycles. The predicted molar refractivity (Wildman–Crippen MR) is 118 cm³/mol. The summed E-state index contributed by atoms with van der Waals surface area (Å²) in [5.74, 6) is -0.215. The van der Waals surface area contributed by atoms with Crippen molar-refractivity contribution >= 4 is 23.2 Å². The molecule has 2 heterocycles. The normalized spacial score (nSPS) is 18.4. The van der Waals surface area contributed by atoms with Gasteiger partial charge < -0.3 is 20.3 Å². The van der Waals surface area contributed by atoms with E-state index in [4.69, 9.17) is 4.74 Å². The van der Waals surface area contributed by atoms with E-state index in [1.807, 2.05) is 42.5 Å². The maximum Gasteiger partial charge on any atom is 0.253 e. The number of carbonyl (C=O) groups excluding carboxylic acids is 2. The number of hydrogen-bond acceptors (Lipinski definition) is 4. The maximum absolute atomic E-state index is 13.0. The smallest absolute Gasteiger partial charge is 0.253 e. The van der Waals surface area contributed by atoms with Gasteiger partial charge in [0.25, 0.3) is 5.91 Å². The molecule has 2 saturated heterocycles. The lowest BCUT2D eigenvalue weighted by Crippen LogP contribution is -2.33. The molecular weight excluding hydrogens is 378 g/mol. The van der Waals surface area contributed by atoms with Crippen molar-refractivity contribution in [3.05, 3.63) is 59.7 Å². The molecule has 2 N–H and O–H groups in total. The highest BCUT2D eigenvalue weighted by Gasteiger charge is 2.22. The second kappa shape index (κ2) is 9.76. The fraction of sp³-hybridized carbons (Fsp3) is 0.417. The van der Waals surface area contributed by atoms with E-state index < -0.39 is 0 Å². The van der Waals surface area contributed by atoms with Crippen molar-refractivity contribution in [2.24, 2.45) is 0 Å². The SMILES string of the molecule is O=C(Cc1ccccc1)Nc1ccc(N2CCCC2)c(C(=O)NCC2CCCO2)c1. The summed E-state index contributed by atoms with van der Waals surface area (Å²) in [4.78, 5) is 27.7. The Morgan fingerprint density at radius 2 is 1.83 bits per heavy atom. The number of nitrogens with one attached hydrogen (secondary N) is 2. The first-order valence-electron chi connectivity index (χ1n) is 10.8. The molecular formula is C24H29N3O3. The van der Waals surface area contributed by atoms with Crippen LogP contribution in [0.2, 0.25) is 0 Å². The largest absolute Gasteiger partial charge is 0.376 e. The summed E-state index contributed by atoms with van der Waals surface area (Å²) in [6.45, 7) is 3.18. The Balaban J connectivity index is 1.48. The first kappa shape index (κ1) is 20.4. The van der Waals surface area contributed by atoms with Gasteiger partial charge in [-0.05, 0) is 49.4 Å². The molecule has 30 heavy (non-hydrogen) atoms. The molecule has 1 unspecified atom stereocenters. The van der Waals surface area contributed by atoms with Crippen LogP contribution in [0.15, 0.2) is 48.5 Å². The molecule has 0 aromatic heterocycles. The van der Waals surface area contributed by atoms with Crippen molar-refractivity contribution in [1.82, 2.24) is 5.32 Å². The molecule has 2 aromatic rings. The molecule has 2 aromatic carbocycles. The van der Waals surface area contributed by atoms with E-state index in [2.05, 4.69) is 15.5 Å². The van der Waals surface area contributed by atoms with Gasteiger partial charge in [0, 0.05) is 37.6 Å². The minimum absolute atomic E-state index is 0.0953. The van der Waals surface area contributed by atoms with Crippen molar-refractivity contribution in [3.63, 3.8) is 0 Å². The molecule has 4 rings (SSSR count). The van der Waals surface area contributed by atoms with Gasteiger partial charge in [-0.3, -0.25) is 9.59 Å². The number of ether oxygens (including phenoxy) is 1. The summed E-state index contributed by atoms with van der Waals surface area (Å²) in [6, 6.07) is 15.3. The summed E-state index contributed by atoms with van der Waals surface area (Å²) in [5, 5.41) is 5.96. The zero-order valence-corrected chi connectivity index (χ0v) is 17.2. The van der Waals surface area contributed by atoms with Crippen LogP contribution in [0.3, 0.4) is 0 Å². The highest BCUT2D eigenvalue weighted by atomic mass is 16.5. The van der Waals surface area contributed by atoms with E-state index in [0.29, 0.717) is 24.2 Å². The van der Waals surface area contributed by atoms with Crippen LogP contribution >= 0.6 is 0 Å². The third kappa shape index (κ3) is 5.19. The van der Waals surface area contributed by atoms with Gasteiger partial charge in [0.15, 0.2) is 0 Å². The van der Waals surface area contributed by atoms with Gasteiger partial charge in [-0.1, -0.05) is 30.3 Å². The van der Waals surface area contributed by atoms with Gasteiger partial charge in [0.1, 0.15) is 0 Å². The first-order chi connectivity index (χ1) is 14.7. The zero-order chi connectivity index (χ0) is 20.8. The number of rotatable bonds is 7. The molecule has 2 amide bonds. The summed E-state index contributed by atoms with van der Waals surface area (Å²) < 4.78 is 5.62. The fourth-order valence-electron chi connectivity index (χ4n) is 4.12. The lowest BCUT2D eigenvalue weighted by Gasteiger charge is -2.22. The van der Waals surface area contributed by atoms with Crippen LogP contribution in [-0.4, -0.2) is 44.2 Å². The summed E-state index contributed by atoms with van der Waals surface area (Å²) in [7, 11) is 0. The van der Waals surface area contributed by atoms with Crippen LogP contribution in [0.5, 0.6) is 0 Å². The molecule has 0 spiro atoms. The number of hydrogen-bond donors (Lipinski definition) is 2. The van der Waals surface area contributed by atoms with Crippen LogP contribution < -0.4 is 15.5 Å². The lowest BCUT2D eigenvalue weighted by molar-refractivity contribution is -0.115. The van der Waals surface area contributed by atoms with E-state index >= 15 is 0 Å². The molecule has 1 atom stereocenters. The third-order valence-corrected chi connectivity index (χ3v) is 5.69. The van der Waals surface area contributed by atoms with Crippen molar-refractivity contribution < 1.29 is 14.3 Å². The number of nitrogens with zero attached hydrogens (tertiary/aromatic N) is 1. The summed E-state index contributed by atoms with van der Waals surface area (Å²) >= 11 is 0. The van der Waals surface area contributed by atoms with E-state index in [-0.39, 0.29) is 17.9 Å². The van der Waals surface area contributed by atoms with Crippen molar-refractivity contribution in [1.29, 1.82) is 0 Å². The van der Waals surface area contributed by atoms with Crippen LogP contribution in [0.4, 0.5) is 11.4 Å². The number of amides is 2. The molecule has 0 bridgehead atoms. The Morgan fingerprint density at radius 1 is 1.03 bits per heavy atom. The Bertz CT molecular complexity index is 873. The molecule has 0 radical (unpaired) electrons. The Labute approximate surface area is 177 Å². The van der Waals surface area contributed by atoms with Crippen LogP contribution in [0.1, 0.15) is 41.6 Å². The fourth-order valence-corrected chi connectivity index (χ4v) is 4.12. The topological polar surface area (TPSA) is 70.7 Å². The van der Waals surface area contributed by atoms with Gasteiger partial charge in [0.2, 0.25) is 5.91 Å². The molecule has 2 fully saturated rings. The van der Waals surface area contributed by atoms with E-state index in [0.717, 1.165) is 56.6 Å². The number of anilines is 2. The molecule has 2 aliphatic rings. The Kier molecular flexibility index (Phi) is 6.64. The Hall–Kier alpha value is -2.86. The van der Waals surface area contributed by atoms with E-state index in [1.54, 1.807) is 6.07 Å². The lowest BCUT2D eigenvalue weighted by atomic mass is 10.1. The van der Waals surface area contributed by atoms with Crippen LogP contribution in [0, 0.1) is 0 Å². The standard InChI is InChI=1S/C24H29N3O3/c28-23(15-18-7-2-1-3-8-18)26-19-10-11-22(27-12-4-5-13-27)21(16-19)24(29)25-17-20-9-6-14-30-20/h1-3,7-8,10-11,16,20H,4-6,9,12-15,17H2,(H,25,29)(H,26,28). The average Bonchev–Trinajstić information content (AvgIpc) is 3.47. The minimum atomic E-state index is -0.119. The van der Waals surface area contributed by atoms with Crippen molar-refractivity contribution in [3.8, 4) is 0 Å². The monoisotopic (exact) mass is 407 g/mol. The summed E-state index contributed by atoms with van der Waals surface area (Å²) in [6.07, 6.45) is 4.68. The molecule has 158 valence electrons. The van der Waals surface area contributed by atoms with Crippen LogP contribution in [-0.2, 0) is 16.0 Å². The highest BCUT2D eigenvalue weighted by molar-refractivity contribution is 6.02. The van der Waals surface area contributed by atoms with E-state index in [1.165, 1.54) is 0 Å². The molecule has 6 nitrogen and oxygen atoms in total. The second-order valence-corrected chi connectivity index (χ2v) is 7.98. The quantitative estimate of drug-likeness (QED) is 0.738. The maximum atomic E-state index is 13.0. The van der Waals surface area contributed by atoms with Gasteiger partial charge in [0.05, 0.1) is 18.1 Å². The number of carbonyl (C=O) groups is 2. The van der Waals surface area contributed by atoms with E-state index in [9.17, 15) is 9.59 Å². The summed E-state index contributed by atoms with van der Waals surface area (Å²) in [5.41, 5.74) is 3.13. The Morgan fingerprint density at radius 3 is 2.57 bits per heavy atom. The number of benzene rings is 2. The van der Waals surface area contributed by atoms with Crippen molar-refractivity contribution in [2.75, 3.05) is 36.5 Å². The van der Waals surface area contributed by atoms with Gasteiger partial charge in [-0.25, -0.2) is 0 Å². The molecule has 6 heteroatoms. The third-order valence-electron chi connectivity index (χ3n) is 5.69. The first-order valence-corrected chi connectivity index (χ1v) is 10.8. The van der Waals surface area contributed by atoms with Crippen molar-refractivity contribution in [2.45, 2.75) is 38.2 Å². The predicted octanol–water partition coefficient (Wildman–Crippen LogP) is 3.38. The van der Waals surface area contributed by atoms with Gasteiger partial charge >= 0.3 is 0 Å².